The van der Waals surface area contributed by atoms with Crippen molar-refractivity contribution in [1.29, 1.82) is 0 Å². The van der Waals surface area contributed by atoms with E-state index in [4.69, 9.17) is 0 Å². The van der Waals surface area contributed by atoms with Crippen molar-refractivity contribution in [3.8, 4) is 0 Å². The zero-order valence-corrected chi connectivity index (χ0v) is 13.2. The van der Waals surface area contributed by atoms with Crippen LogP contribution in [-0.4, -0.2) is 48.2 Å². The van der Waals surface area contributed by atoms with Crippen molar-refractivity contribution in [3.05, 3.63) is 42.0 Å². The van der Waals surface area contributed by atoms with Crippen LogP contribution >= 0.6 is 0 Å². The van der Waals surface area contributed by atoms with E-state index in [1.807, 2.05) is 30.3 Å². The van der Waals surface area contributed by atoms with E-state index in [1.165, 1.54) is 18.1 Å². The smallest absolute Gasteiger partial charge is 0.310 e. The zero-order chi connectivity index (χ0) is 16.5. The summed E-state index contributed by atoms with van der Waals surface area (Å²) >= 11 is 0. The molecule has 22 heavy (non-hydrogen) atoms. The molecule has 0 fully saturated rings. The molecule has 1 amide bonds. The molecule has 1 aromatic rings. The van der Waals surface area contributed by atoms with Gasteiger partial charge in [-0.25, -0.2) is 0 Å². The number of hydrogen-bond acceptors (Lipinski definition) is 4. The zero-order valence-electron chi connectivity index (χ0n) is 13.2. The molecule has 2 unspecified atom stereocenters. The maximum absolute atomic E-state index is 12.3. The quantitative estimate of drug-likeness (QED) is 0.615. The van der Waals surface area contributed by atoms with E-state index < -0.39 is 12.0 Å². The predicted molar refractivity (Wildman–Crippen MR) is 84.9 cm³/mol. The van der Waals surface area contributed by atoms with Crippen molar-refractivity contribution < 1.29 is 19.4 Å². The van der Waals surface area contributed by atoms with Gasteiger partial charge in [-0.1, -0.05) is 37.3 Å². The molecule has 0 aromatic heterocycles. The second kappa shape index (κ2) is 9.00. The van der Waals surface area contributed by atoms with Gasteiger partial charge in [-0.15, -0.1) is 0 Å². The standard InChI is InChI=1S/C17H23NO4/c1-13(17(21)22-3)11-18(12-14(2)19)16(20)10-9-15-7-5-4-6-8-15/h4-10,13-14,19H,11-12H2,1-3H3/b10-9+. The first kappa shape index (κ1) is 17.9. The number of amides is 1. The summed E-state index contributed by atoms with van der Waals surface area (Å²) in [6, 6.07) is 9.45. The van der Waals surface area contributed by atoms with E-state index in [1.54, 1.807) is 19.9 Å². The Kier molecular flexibility index (Phi) is 7.32. The molecule has 0 heterocycles. The minimum Gasteiger partial charge on any atom is -0.469 e. The second-order valence-electron chi connectivity index (χ2n) is 5.26. The minimum absolute atomic E-state index is 0.166. The van der Waals surface area contributed by atoms with E-state index in [-0.39, 0.29) is 25.0 Å². The maximum atomic E-state index is 12.3. The van der Waals surface area contributed by atoms with Crippen LogP contribution in [0, 0.1) is 5.92 Å². The van der Waals surface area contributed by atoms with Crippen LogP contribution in [0.5, 0.6) is 0 Å². The highest BCUT2D eigenvalue weighted by Gasteiger charge is 2.21. The monoisotopic (exact) mass is 305 g/mol. The maximum Gasteiger partial charge on any atom is 0.310 e. The third-order valence-electron chi connectivity index (χ3n) is 3.11. The normalized spacial score (nSPS) is 13.6. The SMILES string of the molecule is COC(=O)C(C)CN(CC(C)O)C(=O)/C=C/c1ccccc1. The van der Waals surface area contributed by atoms with Crippen LogP contribution in [0.25, 0.3) is 6.08 Å². The summed E-state index contributed by atoms with van der Waals surface area (Å²) in [5.41, 5.74) is 0.911. The number of aliphatic hydroxyl groups is 1. The molecule has 0 radical (unpaired) electrons. The van der Waals surface area contributed by atoms with E-state index in [2.05, 4.69) is 4.74 Å². The Labute approximate surface area is 131 Å². The average molecular weight is 305 g/mol. The lowest BCUT2D eigenvalue weighted by molar-refractivity contribution is -0.146. The third-order valence-corrected chi connectivity index (χ3v) is 3.11. The minimum atomic E-state index is -0.668. The Balaban J connectivity index is 2.75. The van der Waals surface area contributed by atoms with Gasteiger partial charge in [0, 0.05) is 19.2 Å². The van der Waals surface area contributed by atoms with Crippen molar-refractivity contribution >= 4 is 18.0 Å². The molecule has 0 aliphatic carbocycles. The summed E-state index contributed by atoms with van der Waals surface area (Å²) in [6.45, 7) is 3.66. The van der Waals surface area contributed by atoms with Gasteiger partial charge in [-0.3, -0.25) is 9.59 Å². The summed E-state index contributed by atoms with van der Waals surface area (Å²) < 4.78 is 4.67. The molecule has 0 spiro atoms. The van der Waals surface area contributed by atoms with Gasteiger partial charge in [0.1, 0.15) is 0 Å². The lowest BCUT2D eigenvalue weighted by atomic mass is 10.1. The second-order valence-corrected chi connectivity index (χ2v) is 5.26. The molecule has 120 valence electrons. The number of methoxy groups -OCH3 is 1. The predicted octanol–water partition coefficient (Wildman–Crippen LogP) is 1.72. The summed E-state index contributed by atoms with van der Waals surface area (Å²) in [5.74, 6) is -1.08. The first-order valence-corrected chi connectivity index (χ1v) is 7.22. The summed E-state index contributed by atoms with van der Waals surface area (Å²) in [5, 5.41) is 9.53. The van der Waals surface area contributed by atoms with Crippen LogP contribution in [0.15, 0.2) is 36.4 Å². The molecule has 1 rings (SSSR count). The van der Waals surface area contributed by atoms with Crippen LogP contribution in [-0.2, 0) is 14.3 Å². The highest BCUT2D eigenvalue weighted by atomic mass is 16.5. The molecule has 0 saturated heterocycles. The molecule has 5 nitrogen and oxygen atoms in total. The van der Waals surface area contributed by atoms with Crippen molar-refractivity contribution in [2.24, 2.45) is 5.92 Å². The Morgan fingerprint density at radius 2 is 1.86 bits per heavy atom. The van der Waals surface area contributed by atoms with Gasteiger partial charge in [0.2, 0.25) is 5.91 Å². The molecule has 0 saturated carbocycles. The molecule has 0 bridgehead atoms. The van der Waals surface area contributed by atoms with Crippen LogP contribution < -0.4 is 0 Å². The topological polar surface area (TPSA) is 66.8 Å². The fourth-order valence-electron chi connectivity index (χ4n) is 2.02. The number of nitrogens with zero attached hydrogens (tertiary/aromatic N) is 1. The first-order chi connectivity index (χ1) is 10.4. The van der Waals surface area contributed by atoms with Crippen molar-refractivity contribution in [2.45, 2.75) is 20.0 Å². The van der Waals surface area contributed by atoms with Crippen LogP contribution in [0.2, 0.25) is 0 Å². The molecule has 0 aliphatic heterocycles. The number of hydrogen-bond donors (Lipinski definition) is 1. The Morgan fingerprint density at radius 3 is 2.41 bits per heavy atom. The Morgan fingerprint density at radius 1 is 1.23 bits per heavy atom. The number of benzene rings is 1. The molecular weight excluding hydrogens is 282 g/mol. The Hall–Kier alpha value is -2.14. The van der Waals surface area contributed by atoms with Crippen molar-refractivity contribution in [1.82, 2.24) is 4.90 Å². The number of esters is 1. The van der Waals surface area contributed by atoms with E-state index in [9.17, 15) is 14.7 Å². The van der Waals surface area contributed by atoms with Crippen LogP contribution in [0.4, 0.5) is 0 Å². The van der Waals surface area contributed by atoms with Gasteiger partial charge >= 0.3 is 5.97 Å². The number of aliphatic hydroxyl groups excluding tert-OH is 1. The first-order valence-electron chi connectivity index (χ1n) is 7.22. The number of carbonyl (C=O) groups is 2. The van der Waals surface area contributed by atoms with Gasteiger partial charge in [0.05, 0.1) is 19.1 Å². The fraction of sp³-hybridized carbons (Fsp3) is 0.412. The highest BCUT2D eigenvalue weighted by molar-refractivity contribution is 5.92. The average Bonchev–Trinajstić information content (AvgIpc) is 2.51. The van der Waals surface area contributed by atoms with Crippen LogP contribution in [0.3, 0.4) is 0 Å². The molecule has 0 aliphatic rings. The van der Waals surface area contributed by atoms with Crippen LogP contribution in [0.1, 0.15) is 19.4 Å². The molecule has 5 heteroatoms. The number of rotatable bonds is 7. The number of ether oxygens (including phenoxy) is 1. The fourth-order valence-corrected chi connectivity index (χ4v) is 2.02. The van der Waals surface area contributed by atoms with E-state index >= 15 is 0 Å². The largest absolute Gasteiger partial charge is 0.469 e. The lowest BCUT2D eigenvalue weighted by Gasteiger charge is -2.25. The summed E-state index contributed by atoms with van der Waals surface area (Å²) in [7, 11) is 1.31. The van der Waals surface area contributed by atoms with Gasteiger partial charge in [-0.2, -0.15) is 0 Å². The molecule has 2 atom stereocenters. The summed E-state index contributed by atoms with van der Waals surface area (Å²) in [6.07, 6.45) is 2.49. The summed E-state index contributed by atoms with van der Waals surface area (Å²) in [4.78, 5) is 25.2. The number of carbonyl (C=O) groups excluding carboxylic acids is 2. The lowest BCUT2D eigenvalue weighted by Crippen LogP contribution is -2.40. The molecule has 1 aromatic carbocycles. The van der Waals surface area contributed by atoms with Gasteiger partial charge in [0.15, 0.2) is 0 Å². The highest BCUT2D eigenvalue weighted by Crippen LogP contribution is 2.07. The van der Waals surface area contributed by atoms with Crippen molar-refractivity contribution in [3.63, 3.8) is 0 Å². The molecular formula is C17H23NO4. The molecule has 1 N–H and O–H groups in total. The van der Waals surface area contributed by atoms with E-state index in [0.717, 1.165) is 5.56 Å². The van der Waals surface area contributed by atoms with Gasteiger partial charge in [-0.05, 0) is 18.6 Å². The van der Waals surface area contributed by atoms with Gasteiger partial charge < -0.3 is 14.7 Å². The van der Waals surface area contributed by atoms with Gasteiger partial charge in [0.25, 0.3) is 0 Å². The van der Waals surface area contributed by atoms with Crippen molar-refractivity contribution in [2.75, 3.05) is 20.2 Å². The van der Waals surface area contributed by atoms with E-state index in [0.29, 0.717) is 0 Å². The third kappa shape index (κ3) is 6.10. The Bertz CT molecular complexity index is 511.